The van der Waals surface area contributed by atoms with E-state index in [-0.39, 0.29) is 12.4 Å². The van der Waals surface area contributed by atoms with E-state index in [4.69, 9.17) is 4.98 Å². The summed E-state index contributed by atoms with van der Waals surface area (Å²) in [4.78, 5) is 12.6. The minimum atomic E-state index is 0. The van der Waals surface area contributed by atoms with Gasteiger partial charge in [0.05, 0.1) is 11.2 Å². The fourth-order valence-electron chi connectivity index (χ4n) is 5.94. The van der Waals surface area contributed by atoms with E-state index in [0.29, 0.717) is 0 Å². The Morgan fingerprint density at radius 3 is 1.91 bits per heavy atom. The number of anilines is 4. The number of hydrogen-bond donors (Lipinski definition) is 0. The predicted octanol–water partition coefficient (Wildman–Crippen LogP) is 6.64. The molecule has 3 aromatic rings. The second-order valence-electron chi connectivity index (χ2n) is 9.74. The third-order valence-corrected chi connectivity index (χ3v) is 7.71. The molecule has 174 valence electrons. The number of aromatic nitrogens is 1. The summed E-state index contributed by atoms with van der Waals surface area (Å²) in [6.45, 7) is 7.96. The van der Waals surface area contributed by atoms with Gasteiger partial charge in [-0.3, -0.25) is 4.98 Å². The first kappa shape index (κ1) is 22.3. The highest BCUT2D eigenvalue weighted by atomic mass is 35.5. The lowest BCUT2D eigenvalue weighted by atomic mass is 10.0. The van der Waals surface area contributed by atoms with Crippen LogP contribution in [-0.4, -0.2) is 37.7 Å². The summed E-state index contributed by atoms with van der Waals surface area (Å²) < 4.78 is 0. The third kappa shape index (κ3) is 4.14. The predicted molar refractivity (Wildman–Crippen MR) is 143 cm³/mol. The van der Waals surface area contributed by atoms with E-state index in [2.05, 4.69) is 64.1 Å². The molecule has 2 saturated heterocycles. The van der Waals surface area contributed by atoms with Crippen LogP contribution >= 0.6 is 12.4 Å². The molecule has 6 rings (SSSR count). The van der Waals surface area contributed by atoms with Gasteiger partial charge in [0.1, 0.15) is 0 Å². The van der Waals surface area contributed by atoms with Crippen molar-refractivity contribution < 1.29 is 0 Å². The molecule has 0 aliphatic carbocycles. The average Bonchev–Trinajstić information content (AvgIpc) is 3.31. The van der Waals surface area contributed by atoms with Crippen LogP contribution in [0.5, 0.6) is 0 Å². The molecule has 2 fully saturated rings. The van der Waals surface area contributed by atoms with Crippen molar-refractivity contribution in [1.82, 2.24) is 4.98 Å². The molecule has 4 heterocycles. The zero-order chi connectivity index (χ0) is 21.5. The summed E-state index contributed by atoms with van der Waals surface area (Å²) in [5.41, 5.74) is 9.16. The van der Waals surface area contributed by atoms with Crippen molar-refractivity contribution in [2.75, 3.05) is 47.4 Å². The van der Waals surface area contributed by atoms with E-state index in [1.807, 2.05) is 0 Å². The van der Waals surface area contributed by atoms with Crippen LogP contribution in [0.15, 0.2) is 42.5 Å². The largest absolute Gasteiger partial charge is 0.372 e. The summed E-state index contributed by atoms with van der Waals surface area (Å²) >= 11 is 0. The highest BCUT2D eigenvalue weighted by Gasteiger charge is 2.26. The van der Waals surface area contributed by atoms with Crippen LogP contribution < -0.4 is 14.7 Å². The maximum Gasteiger partial charge on any atom is 0.0727 e. The topological polar surface area (TPSA) is 22.6 Å². The highest BCUT2D eigenvalue weighted by molar-refractivity contribution is 5.99. The fraction of sp³-hybridized carbons (Fsp3) is 0.464. The van der Waals surface area contributed by atoms with Crippen LogP contribution in [0.25, 0.3) is 10.9 Å². The number of nitrogens with zero attached hydrogens (tertiary/aromatic N) is 4. The first-order valence-electron chi connectivity index (χ1n) is 12.6. The van der Waals surface area contributed by atoms with Crippen molar-refractivity contribution in [1.29, 1.82) is 0 Å². The van der Waals surface area contributed by atoms with E-state index in [0.717, 1.165) is 18.5 Å². The number of rotatable bonds is 3. The fourth-order valence-corrected chi connectivity index (χ4v) is 5.94. The summed E-state index contributed by atoms with van der Waals surface area (Å²) in [5.74, 6) is 0. The number of aryl methyl sites for hydroxylation is 1. The minimum absolute atomic E-state index is 0. The number of pyridine rings is 1. The molecule has 0 atom stereocenters. The minimum Gasteiger partial charge on any atom is -0.372 e. The van der Waals surface area contributed by atoms with E-state index in [1.54, 1.807) is 0 Å². The zero-order valence-electron chi connectivity index (χ0n) is 19.7. The molecule has 2 aromatic carbocycles. The summed E-state index contributed by atoms with van der Waals surface area (Å²) in [6, 6.07) is 16.2. The van der Waals surface area contributed by atoms with Gasteiger partial charge in [-0.25, -0.2) is 0 Å². The molecule has 3 aliphatic heterocycles. The van der Waals surface area contributed by atoms with Crippen molar-refractivity contribution in [3.8, 4) is 0 Å². The lowest BCUT2D eigenvalue weighted by Crippen LogP contribution is -2.29. The van der Waals surface area contributed by atoms with Crippen molar-refractivity contribution in [2.24, 2.45) is 0 Å². The number of benzene rings is 2. The molecule has 1 aromatic heterocycles. The molecule has 33 heavy (non-hydrogen) atoms. The lowest BCUT2D eigenvalue weighted by Gasteiger charge is -2.30. The van der Waals surface area contributed by atoms with Crippen LogP contribution in [0.1, 0.15) is 49.8 Å². The first-order chi connectivity index (χ1) is 15.8. The molecule has 0 unspecified atom stereocenters. The van der Waals surface area contributed by atoms with E-state index in [9.17, 15) is 0 Å². The number of fused-ring (bicyclic) bond motifs is 3. The van der Waals surface area contributed by atoms with Crippen molar-refractivity contribution >= 4 is 46.1 Å². The van der Waals surface area contributed by atoms with Gasteiger partial charge in [0.25, 0.3) is 0 Å². The molecule has 0 amide bonds. The Morgan fingerprint density at radius 2 is 1.24 bits per heavy atom. The second-order valence-corrected chi connectivity index (χ2v) is 9.74. The highest BCUT2D eigenvalue weighted by Crippen LogP contribution is 2.42. The number of halogens is 1. The van der Waals surface area contributed by atoms with Crippen LogP contribution in [0.4, 0.5) is 22.7 Å². The number of piperidine rings is 2. The molecule has 4 nitrogen and oxygen atoms in total. The molecule has 5 heteroatoms. The average molecular weight is 463 g/mol. The molecule has 0 spiro atoms. The Balaban J connectivity index is 0.00000228. The van der Waals surface area contributed by atoms with Crippen molar-refractivity contribution in [3.05, 3.63) is 53.7 Å². The van der Waals surface area contributed by atoms with Gasteiger partial charge in [0.2, 0.25) is 0 Å². The normalized spacial score (nSPS) is 18.4. The second kappa shape index (κ2) is 9.42. The Morgan fingerprint density at radius 1 is 0.667 bits per heavy atom. The SMILES string of the molecule is Cc1nc2ccc(N3CCCCC3)cc2c2c1CCN2c1ccc(N2CCCCC2)cc1.Cl. The monoisotopic (exact) mass is 462 g/mol. The van der Waals surface area contributed by atoms with Crippen molar-refractivity contribution in [3.63, 3.8) is 0 Å². The van der Waals surface area contributed by atoms with Crippen LogP contribution in [0.3, 0.4) is 0 Å². The molecule has 0 bridgehead atoms. The quantitative estimate of drug-likeness (QED) is 0.435. The molecular weight excluding hydrogens is 428 g/mol. The molecule has 0 saturated carbocycles. The molecular formula is C28H35ClN4. The van der Waals surface area contributed by atoms with Crippen molar-refractivity contribution in [2.45, 2.75) is 51.9 Å². The molecule has 0 radical (unpaired) electrons. The standard InChI is InChI=1S/C28H34N4.ClH/c1-21-25-14-19-32(23-10-8-22(9-11-23)30-15-4-2-5-16-30)28(25)26-20-24(12-13-27(26)29-21)31-17-6-3-7-18-31;/h8-13,20H,2-7,14-19H2,1H3;1H. The summed E-state index contributed by atoms with van der Waals surface area (Å²) in [5, 5.41) is 1.31. The lowest BCUT2D eigenvalue weighted by molar-refractivity contribution is 0.578. The smallest absolute Gasteiger partial charge is 0.0727 e. The van der Waals surface area contributed by atoms with Crippen LogP contribution in [0, 0.1) is 6.92 Å². The summed E-state index contributed by atoms with van der Waals surface area (Å²) in [6.07, 6.45) is 9.06. The number of hydrogen-bond acceptors (Lipinski definition) is 4. The van der Waals surface area contributed by atoms with E-state index in [1.165, 1.54) is 104 Å². The van der Waals surface area contributed by atoms with Gasteiger partial charge in [-0.15, -0.1) is 12.4 Å². The maximum absolute atomic E-state index is 4.99. The van der Waals surface area contributed by atoms with Gasteiger partial charge in [-0.05, 0) is 99.9 Å². The third-order valence-electron chi connectivity index (χ3n) is 7.71. The van der Waals surface area contributed by atoms with Gasteiger partial charge in [-0.2, -0.15) is 0 Å². The van der Waals surface area contributed by atoms with Gasteiger partial charge < -0.3 is 14.7 Å². The van der Waals surface area contributed by atoms with E-state index >= 15 is 0 Å². The van der Waals surface area contributed by atoms with Crippen LogP contribution in [0.2, 0.25) is 0 Å². The molecule has 0 N–H and O–H groups in total. The Kier molecular flexibility index (Phi) is 6.38. The van der Waals surface area contributed by atoms with Gasteiger partial charge in [0.15, 0.2) is 0 Å². The zero-order valence-corrected chi connectivity index (χ0v) is 20.5. The Hall–Kier alpha value is -2.46. The Labute approximate surface area is 204 Å². The van der Waals surface area contributed by atoms with Gasteiger partial charge in [0, 0.05) is 60.9 Å². The van der Waals surface area contributed by atoms with Crippen LogP contribution in [-0.2, 0) is 6.42 Å². The molecule has 3 aliphatic rings. The van der Waals surface area contributed by atoms with E-state index < -0.39 is 0 Å². The maximum atomic E-state index is 4.99. The Bertz CT molecular complexity index is 1110. The van der Waals surface area contributed by atoms with Gasteiger partial charge in [-0.1, -0.05) is 0 Å². The summed E-state index contributed by atoms with van der Waals surface area (Å²) in [7, 11) is 0. The van der Waals surface area contributed by atoms with Gasteiger partial charge >= 0.3 is 0 Å². The first-order valence-corrected chi connectivity index (χ1v) is 12.6.